The highest BCUT2D eigenvalue weighted by molar-refractivity contribution is 5.72. The fourth-order valence-corrected chi connectivity index (χ4v) is 0.155. The number of nitrogens with zero attached hydrogens (tertiary/aromatic N) is 1. The second-order valence-electron chi connectivity index (χ2n) is 1.27. The van der Waals surface area contributed by atoms with E-state index >= 15 is 0 Å². The zero-order valence-electron chi connectivity index (χ0n) is 4.43. The number of carbonyl (C=O) groups excluding carboxylic acids is 1. The van der Waals surface area contributed by atoms with Crippen LogP contribution >= 0.6 is 0 Å². The molecule has 0 aromatic carbocycles. The van der Waals surface area contributed by atoms with Crippen LogP contribution in [0.1, 0.15) is 0 Å². The van der Waals surface area contributed by atoms with Crippen molar-refractivity contribution in [3.05, 3.63) is 0 Å². The molecule has 0 aromatic heterocycles. The normalized spacial score (nSPS) is 6.00. The lowest BCUT2D eigenvalue weighted by Crippen LogP contribution is -2.00. The van der Waals surface area contributed by atoms with Gasteiger partial charge in [-0.25, -0.2) is 0 Å². The summed E-state index contributed by atoms with van der Waals surface area (Å²) < 4.78 is 0. The lowest BCUT2D eigenvalue weighted by Gasteiger charge is -1.94. The third-order valence-electron chi connectivity index (χ3n) is 0.347. The Morgan fingerprint density at radius 2 is 2.14 bits per heavy atom. The Hall–Kier alpha value is -0.970. The van der Waals surface area contributed by atoms with E-state index in [9.17, 15) is 4.79 Å². The number of aldehydes is 1. The van der Waals surface area contributed by atoms with Gasteiger partial charge >= 0.3 is 0 Å². The molecule has 0 bridgehead atoms. The topological polar surface area (TPSA) is 20.3 Å². The van der Waals surface area contributed by atoms with Gasteiger partial charge in [0.1, 0.15) is 0 Å². The summed E-state index contributed by atoms with van der Waals surface area (Å²) in [6, 6.07) is 2.51. The molecule has 0 aliphatic heterocycles. The molecule has 0 unspecified atom stereocenters. The van der Waals surface area contributed by atoms with E-state index in [1.54, 1.807) is 19.0 Å². The van der Waals surface area contributed by atoms with Crippen LogP contribution in [-0.4, -0.2) is 25.3 Å². The van der Waals surface area contributed by atoms with Gasteiger partial charge < -0.3 is 4.90 Å². The van der Waals surface area contributed by atoms with E-state index in [-0.39, 0.29) is 0 Å². The van der Waals surface area contributed by atoms with Crippen LogP contribution in [0.4, 0.5) is 0 Å². The molecule has 0 aromatic rings. The van der Waals surface area contributed by atoms with Crippen LogP contribution in [0.3, 0.4) is 0 Å². The van der Waals surface area contributed by atoms with E-state index in [2.05, 4.69) is 12.0 Å². The Balaban J connectivity index is 3.43. The lowest BCUT2D eigenvalue weighted by atomic mass is 10.7. The van der Waals surface area contributed by atoms with Gasteiger partial charge in [-0.15, -0.1) is 0 Å². The molecule has 0 spiro atoms. The van der Waals surface area contributed by atoms with Gasteiger partial charge in [0, 0.05) is 20.1 Å². The van der Waals surface area contributed by atoms with Crippen molar-refractivity contribution < 1.29 is 4.79 Å². The van der Waals surface area contributed by atoms with Crippen molar-refractivity contribution in [2.45, 2.75) is 0 Å². The number of carbonyl (C=O) groups is 1. The summed E-state index contributed by atoms with van der Waals surface area (Å²) in [5.41, 5.74) is 0. The SMILES string of the molecule is CN(C)C#CC=O. The van der Waals surface area contributed by atoms with E-state index < -0.39 is 0 Å². The molecular weight excluding hydrogens is 90.1 g/mol. The van der Waals surface area contributed by atoms with Crippen molar-refractivity contribution in [2.75, 3.05) is 14.1 Å². The minimum absolute atomic E-state index is 0.569. The Kier molecular flexibility index (Phi) is 2.78. The zero-order chi connectivity index (χ0) is 5.70. The summed E-state index contributed by atoms with van der Waals surface area (Å²) in [6.45, 7) is 0. The summed E-state index contributed by atoms with van der Waals surface area (Å²) >= 11 is 0. The van der Waals surface area contributed by atoms with Gasteiger partial charge in [0.2, 0.25) is 0 Å². The molecule has 0 fully saturated rings. The Morgan fingerprint density at radius 1 is 1.57 bits per heavy atom. The van der Waals surface area contributed by atoms with Crippen LogP contribution < -0.4 is 0 Å². The van der Waals surface area contributed by atoms with E-state index in [0.29, 0.717) is 6.29 Å². The van der Waals surface area contributed by atoms with Crippen LogP contribution in [0.15, 0.2) is 0 Å². The zero-order valence-corrected chi connectivity index (χ0v) is 4.43. The summed E-state index contributed by atoms with van der Waals surface area (Å²) in [5, 5.41) is 0. The third kappa shape index (κ3) is 5.03. The fourth-order valence-electron chi connectivity index (χ4n) is 0.155. The summed E-state index contributed by atoms with van der Waals surface area (Å²) in [5.74, 6) is 2.24. The number of hydrogen-bond donors (Lipinski definition) is 0. The second-order valence-corrected chi connectivity index (χ2v) is 1.27. The van der Waals surface area contributed by atoms with Gasteiger partial charge in [-0.1, -0.05) is 0 Å². The molecule has 0 saturated carbocycles. The molecule has 0 radical (unpaired) electrons. The van der Waals surface area contributed by atoms with Crippen LogP contribution in [0.2, 0.25) is 0 Å². The van der Waals surface area contributed by atoms with Crippen LogP contribution in [0, 0.1) is 12.0 Å². The van der Waals surface area contributed by atoms with Gasteiger partial charge in [-0.05, 0) is 5.92 Å². The van der Waals surface area contributed by atoms with Crippen molar-refractivity contribution in [3.63, 3.8) is 0 Å². The van der Waals surface area contributed by atoms with E-state index in [0.717, 1.165) is 0 Å². The predicted octanol–water partition coefficient (Wildman–Crippen LogP) is -0.292. The molecule has 0 aliphatic carbocycles. The van der Waals surface area contributed by atoms with Crippen LogP contribution in [-0.2, 0) is 4.79 Å². The molecule has 0 atom stereocenters. The average Bonchev–Trinajstić information content (AvgIpc) is 1.61. The lowest BCUT2D eigenvalue weighted by molar-refractivity contribution is -0.103. The van der Waals surface area contributed by atoms with Crippen molar-refractivity contribution in [2.24, 2.45) is 0 Å². The van der Waals surface area contributed by atoms with Gasteiger partial charge in [-0.3, -0.25) is 4.79 Å². The van der Waals surface area contributed by atoms with E-state index in [1.807, 2.05) is 0 Å². The highest BCUT2D eigenvalue weighted by Crippen LogP contribution is 1.60. The van der Waals surface area contributed by atoms with E-state index in [4.69, 9.17) is 0 Å². The highest BCUT2D eigenvalue weighted by Gasteiger charge is 1.67. The van der Waals surface area contributed by atoms with Gasteiger partial charge in [0.15, 0.2) is 6.29 Å². The minimum Gasteiger partial charge on any atom is -0.338 e. The first-order chi connectivity index (χ1) is 3.27. The maximum Gasteiger partial charge on any atom is 0.194 e. The van der Waals surface area contributed by atoms with Crippen molar-refractivity contribution in [1.29, 1.82) is 0 Å². The molecule has 0 heterocycles. The second kappa shape index (κ2) is 3.23. The van der Waals surface area contributed by atoms with Gasteiger partial charge in [-0.2, -0.15) is 0 Å². The highest BCUT2D eigenvalue weighted by atomic mass is 16.1. The minimum atomic E-state index is 0.569. The molecule has 7 heavy (non-hydrogen) atoms. The maximum absolute atomic E-state index is 9.51. The molecule has 0 saturated heterocycles. The van der Waals surface area contributed by atoms with Gasteiger partial charge in [0.05, 0.1) is 0 Å². The van der Waals surface area contributed by atoms with Crippen molar-refractivity contribution in [3.8, 4) is 12.0 Å². The van der Waals surface area contributed by atoms with Crippen LogP contribution in [0.25, 0.3) is 0 Å². The first-order valence-corrected chi connectivity index (χ1v) is 1.89. The largest absolute Gasteiger partial charge is 0.338 e. The van der Waals surface area contributed by atoms with Crippen molar-refractivity contribution >= 4 is 6.29 Å². The Bertz CT molecular complexity index is 107. The first-order valence-electron chi connectivity index (χ1n) is 1.89. The van der Waals surface area contributed by atoms with E-state index in [1.165, 1.54) is 0 Å². The molecule has 2 heteroatoms. The summed E-state index contributed by atoms with van der Waals surface area (Å²) in [6.07, 6.45) is 0.569. The number of hydrogen-bond acceptors (Lipinski definition) is 2. The molecule has 0 rings (SSSR count). The van der Waals surface area contributed by atoms with Crippen molar-refractivity contribution in [1.82, 2.24) is 4.90 Å². The molecular formula is C5H7NO. The quantitative estimate of drug-likeness (QED) is 0.235. The average molecular weight is 97.1 g/mol. The summed E-state index contributed by atoms with van der Waals surface area (Å²) in [4.78, 5) is 11.1. The molecule has 0 aliphatic rings. The standard InChI is InChI=1S/C5H7NO/c1-6(2)4-3-5-7/h5H,1-2H3. The van der Waals surface area contributed by atoms with Crippen LogP contribution in [0.5, 0.6) is 0 Å². The van der Waals surface area contributed by atoms with Gasteiger partial charge in [0.25, 0.3) is 0 Å². The first kappa shape index (κ1) is 6.03. The molecule has 0 amide bonds. The Morgan fingerprint density at radius 3 is 2.29 bits per heavy atom. The fraction of sp³-hybridized carbons (Fsp3) is 0.400. The monoisotopic (exact) mass is 97.1 g/mol. The third-order valence-corrected chi connectivity index (χ3v) is 0.347. The predicted molar refractivity (Wildman–Crippen MR) is 27.5 cm³/mol. The Labute approximate surface area is 43.1 Å². The number of rotatable bonds is 0. The smallest absolute Gasteiger partial charge is 0.194 e. The molecule has 38 valence electrons. The molecule has 0 N–H and O–H groups in total. The summed E-state index contributed by atoms with van der Waals surface area (Å²) in [7, 11) is 3.55. The maximum atomic E-state index is 9.51. The molecule has 2 nitrogen and oxygen atoms in total.